The standard InChI is InChI=1S/C16H21N5O3/c1-12-7-19-21(8-12)10-16(23)20-4-5-24-14(9-20)3-2-13-6-15(22)18-11-17-13/h6-8,11,14H,2-5,9-10H2,1H3,(H,17,18,22)/t14-/m0/s1. The largest absolute Gasteiger partial charge is 0.375 e. The molecule has 2 aromatic rings. The number of carbonyl (C=O) groups excluding carboxylic acids is 1. The van der Waals surface area contributed by atoms with E-state index in [1.165, 1.54) is 12.4 Å². The Morgan fingerprint density at radius 1 is 1.50 bits per heavy atom. The Morgan fingerprint density at radius 3 is 3.12 bits per heavy atom. The van der Waals surface area contributed by atoms with E-state index in [0.29, 0.717) is 26.1 Å². The van der Waals surface area contributed by atoms with Crippen LogP contribution in [0.3, 0.4) is 0 Å². The smallest absolute Gasteiger partial charge is 0.250 e. The number of H-pyrrole nitrogens is 1. The quantitative estimate of drug-likeness (QED) is 0.841. The highest BCUT2D eigenvalue weighted by Crippen LogP contribution is 2.12. The van der Waals surface area contributed by atoms with Crippen LogP contribution >= 0.6 is 0 Å². The molecule has 1 fully saturated rings. The molecule has 2 aromatic heterocycles. The van der Waals surface area contributed by atoms with Gasteiger partial charge in [-0.15, -0.1) is 0 Å². The highest BCUT2D eigenvalue weighted by Gasteiger charge is 2.24. The molecule has 3 rings (SSSR count). The van der Waals surface area contributed by atoms with E-state index in [2.05, 4.69) is 15.1 Å². The second-order valence-corrected chi connectivity index (χ2v) is 5.99. The number of morpholine rings is 1. The molecule has 0 radical (unpaired) electrons. The van der Waals surface area contributed by atoms with Gasteiger partial charge in [-0.25, -0.2) is 4.98 Å². The number of nitrogens with zero attached hydrogens (tertiary/aromatic N) is 4. The molecule has 1 amide bonds. The van der Waals surface area contributed by atoms with Crippen LogP contribution in [0.5, 0.6) is 0 Å². The van der Waals surface area contributed by atoms with Gasteiger partial charge in [0.25, 0.3) is 5.56 Å². The predicted molar refractivity (Wildman–Crippen MR) is 86.5 cm³/mol. The van der Waals surface area contributed by atoms with Crippen molar-refractivity contribution in [3.8, 4) is 0 Å². The van der Waals surface area contributed by atoms with Crippen molar-refractivity contribution < 1.29 is 9.53 Å². The maximum atomic E-state index is 12.4. The summed E-state index contributed by atoms with van der Waals surface area (Å²) in [4.78, 5) is 32.1. The normalized spacial score (nSPS) is 17.9. The molecule has 1 saturated heterocycles. The van der Waals surface area contributed by atoms with Gasteiger partial charge in [0.05, 0.1) is 25.2 Å². The third-order valence-corrected chi connectivity index (χ3v) is 4.01. The topological polar surface area (TPSA) is 93.1 Å². The molecule has 0 spiro atoms. The fourth-order valence-corrected chi connectivity index (χ4v) is 2.77. The first-order valence-corrected chi connectivity index (χ1v) is 8.02. The molecule has 0 aromatic carbocycles. The Morgan fingerprint density at radius 2 is 2.38 bits per heavy atom. The highest BCUT2D eigenvalue weighted by molar-refractivity contribution is 5.76. The van der Waals surface area contributed by atoms with Gasteiger partial charge in [-0.2, -0.15) is 5.10 Å². The Balaban J connectivity index is 1.52. The molecular formula is C16H21N5O3. The number of rotatable bonds is 5. The fraction of sp³-hybridized carbons (Fsp3) is 0.500. The monoisotopic (exact) mass is 331 g/mol. The van der Waals surface area contributed by atoms with E-state index in [-0.39, 0.29) is 24.1 Å². The average molecular weight is 331 g/mol. The zero-order valence-corrected chi connectivity index (χ0v) is 13.6. The molecule has 1 N–H and O–H groups in total. The van der Waals surface area contributed by atoms with Crippen LogP contribution in [0.25, 0.3) is 0 Å². The third-order valence-electron chi connectivity index (χ3n) is 4.01. The van der Waals surface area contributed by atoms with Gasteiger partial charge in [-0.1, -0.05) is 0 Å². The molecule has 0 unspecified atom stereocenters. The lowest BCUT2D eigenvalue weighted by Crippen LogP contribution is -2.47. The van der Waals surface area contributed by atoms with Gasteiger partial charge < -0.3 is 14.6 Å². The highest BCUT2D eigenvalue weighted by atomic mass is 16.5. The number of carbonyl (C=O) groups is 1. The van der Waals surface area contributed by atoms with Crippen molar-refractivity contribution in [1.82, 2.24) is 24.6 Å². The summed E-state index contributed by atoms with van der Waals surface area (Å²) in [5, 5.41) is 4.15. The first-order valence-electron chi connectivity index (χ1n) is 8.02. The summed E-state index contributed by atoms with van der Waals surface area (Å²) < 4.78 is 7.39. The summed E-state index contributed by atoms with van der Waals surface area (Å²) >= 11 is 0. The lowest BCUT2D eigenvalue weighted by atomic mass is 10.1. The van der Waals surface area contributed by atoms with Gasteiger partial charge >= 0.3 is 0 Å². The lowest BCUT2D eigenvalue weighted by molar-refractivity contribution is -0.139. The number of hydrogen-bond acceptors (Lipinski definition) is 5. The number of aryl methyl sites for hydroxylation is 2. The van der Waals surface area contributed by atoms with Gasteiger partial charge in [-0.05, 0) is 25.3 Å². The summed E-state index contributed by atoms with van der Waals surface area (Å²) in [5.41, 5.74) is 1.61. The Bertz CT molecular complexity index is 754. The molecule has 0 aliphatic carbocycles. The van der Waals surface area contributed by atoms with Gasteiger partial charge in [0.15, 0.2) is 0 Å². The zero-order chi connectivity index (χ0) is 16.9. The van der Waals surface area contributed by atoms with Crippen molar-refractivity contribution in [3.05, 3.63) is 46.4 Å². The van der Waals surface area contributed by atoms with E-state index in [0.717, 1.165) is 17.7 Å². The minimum atomic E-state index is -0.157. The number of ether oxygens (including phenoxy) is 1. The SMILES string of the molecule is Cc1cnn(CC(=O)N2CCO[C@@H](CCc3cc(=O)[nH]cn3)C2)c1. The van der Waals surface area contributed by atoms with Crippen molar-refractivity contribution in [1.29, 1.82) is 0 Å². The molecule has 3 heterocycles. The van der Waals surface area contributed by atoms with Gasteiger partial charge in [0.1, 0.15) is 6.54 Å². The number of hydrogen-bond donors (Lipinski definition) is 1. The minimum Gasteiger partial charge on any atom is -0.375 e. The van der Waals surface area contributed by atoms with Crippen LogP contribution in [-0.2, 0) is 22.5 Å². The van der Waals surface area contributed by atoms with E-state index in [9.17, 15) is 9.59 Å². The van der Waals surface area contributed by atoms with Gasteiger partial charge in [0.2, 0.25) is 5.91 Å². The second-order valence-electron chi connectivity index (χ2n) is 5.99. The molecule has 24 heavy (non-hydrogen) atoms. The first-order chi connectivity index (χ1) is 11.6. The van der Waals surface area contributed by atoms with Crippen LogP contribution in [0.15, 0.2) is 29.6 Å². The molecule has 1 atom stereocenters. The van der Waals surface area contributed by atoms with Crippen molar-refractivity contribution in [2.75, 3.05) is 19.7 Å². The molecular weight excluding hydrogens is 310 g/mol. The van der Waals surface area contributed by atoms with Gasteiger partial charge in [-0.3, -0.25) is 14.3 Å². The van der Waals surface area contributed by atoms with Crippen molar-refractivity contribution in [3.63, 3.8) is 0 Å². The van der Waals surface area contributed by atoms with Crippen LogP contribution in [0.4, 0.5) is 0 Å². The fourth-order valence-electron chi connectivity index (χ4n) is 2.77. The summed E-state index contributed by atoms with van der Waals surface area (Å²) in [6, 6.07) is 1.49. The van der Waals surface area contributed by atoms with Crippen LogP contribution in [-0.4, -0.2) is 56.4 Å². The molecule has 8 heteroatoms. The third kappa shape index (κ3) is 4.29. The summed E-state index contributed by atoms with van der Waals surface area (Å²) in [7, 11) is 0. The van der Waals surface area contributed by atoms with E-state index in [1.54, 1.807) is 10.9 Å². The van der Waals surface area contributed by atoms with Crippen molar-refractivity contribution in [2.45, 2.75) is 32.4 Å². The Labute approximate surface area is 139 Å². The average Bonchev–Trinajstić information content (AvgIpc) is 2.98. The minimum absolute atomic E-state index is 0.0388. The molecule has 1 aliphatic heterocycles. The van der Waals surface area contributed by atoms with Crippen LogP contribution in [0.1, 0.15) is 17.7 Å². The van der Waals surface area contributed by atoms with E-state index in [1.807, 2.05) is 18.0 Å². The Hall–Kier alpha value is -2.48. The molecule has 0 bridgehead atoms. The number of nitrogens with one attached hydrogen (secondary N) is 1. The van der Waals surface area contributed by atoms with Gasteiger partial charge in [0, 0.05) is 31.0 Å². The Kier molecular flexibility index (Phi) is 5.05. The number of amides is 1. The maximum absolute atomic E-state index is 12.4. The zero-order valence-electron chi connectivity index (χ0n) is 13.6. The first kappa shape index (κ1) is 16.4. The predicted octanol–water partition coefficient (Wildman–Crippen LogP) is 0.135. The van der Waals surface area contributed by atoms with E-state index >= 15 is 0 Å². The maximum Gasteiger partial charge on any atom is 0.250 e. The molecule has 1 aliphatic rings. The summed E-state index contributed by atoms with van der Waals surface area (Å²) in [6.45, 7) is 3.87. The lowest BCUT2D eigenvalue weighted by Gasteiger charge is -2.33. The molecule has 128 valence electrons. The number of aromatic amines is 1. The molecule has 0 saturated carbocycles. The summed E-state index contributed by atoms with van der Waals surface area (Å²) in [6.07, 6.45) is 6.33. The second kappa shape index (κ2) is 7.39. The molecule has 8 nitrogen and oxygen atoms in total. The van der Waals surface area contributed by atoms with Crippen LogP contribution in [0, 0.1) is 6.92 Å². The van der Waals surface area contributed by atoms with E-state index in [4.69, 9.17) is 4.74 Å². The van der Waals surface area contributed by atoms with Crippen LogP contribution in [0.2, 0.25) is 0 Å². The van der Waals surface area contributed by atoms with Crippen LogP contribution < -0.4 is 5.56 Å². The summed E-state index contributed by atoms with van der Waals surface area (Å²) in [5.74, 6) is 0.0423. The number of aromatic nitrogens is 4. The van der Waals surface area contributed by atoms with Crippen molar-refractivity contribution >= 4 is 5.91 Å². The van der Waals surface area contributed by atoms with E-state index < -0.39 is 0 Å². The van der Waals surface area contributed by atoms with Crippen molar-refractivity contribution in [2.24, 2.45) is 0 Å².